The van der Waals surface area contributed by atoms with E-state index in [1.165, 1.54) is 0 Å². The third kappa shape index (κ3) is 2.38. The molecule has 0 saturated heterocycles. The number of hydrogen-bond donors (Lipinski definition) is 2. The summed E-state index contributed by atoms with van der Waals surface area (Å²) < 4.78 is 6.23. The zero-order valence-corrected chi connectivity index (χ0v) is 9.46. The fraction of sp³-hybridized carbons (Fsp3) is 0.600. The summed E-state index contributed by atoms with van der Waals surface area (Å²) in [5.74, 6) is 0.899. The number of nitrogens with one attached hydrogen (secondary N) is 1. The molecule has 0 spiro atoms. The van der Waals surface area contributed by atoms with Gasteiger partial charge in [0.05, 0.1) is 17.1 Å². The molecule has 0 aliphatic heterocycles. The molecule has 1 aliphatic rings. The van der Waals surface area contributed by atoms with Gasteiger partial charge < -0.3 is 14.8 Å². The van der Waals surface area contributed by atoms with Crippen molar-refractivity contribution in [2.45, 2.75) is 38.0 Å². The van der Waals surface area contributed by atoms with Crippen LogP contribution in [0, 0.1) is 0 Å². The van der Waals surface area contributed by atoms with Crippen molar-refractivity contribution in [3.05, 3.63) is 22.6 Å². The third-order valence-electron chi connectivity index (χ3n) is 2.64. The van der Waals surface area contributed by atoms with Crippen LogP contribution in [0.25, 0.3) is 0 Å². The van der Waals surface area contributed by atoms with Gasteiger partial charge in [-0.2, -0.15) is 0 Å². The zero-order chi connectivity index (χ0) is 9.97. The number of aliphatic hydroxyl groups excluding tert-OH is 1. The minimum Gasteiger partial charge on any atom is -0.467 e. The lowest BCUT2D eigenvalue weighted by atomic mass is 10.2. The molecule has 1 aliphatic carbocycles. The van der Waals surface area contributed by atoms with Crippen molar-refractivity contribution in [2.75, 3.05) is 0 Å². The Kier molecular flexibility index (Phi) is 3.26. The molecule has 0 bridgehead atoms. The molecule has 3 nitrogen and oxygen atoms in total. The second-order valence-corrected chi connectivity index (χ2v) is 4.63. The first-order valence-electron chi connectivity index (χ1n) is 4.90. The predicted molar refractivity (Wildman–Crippen MR) is 56.9 cm³/mol. The lowest BCUT2D eigenvalue weighted by Crippen LogP contribution is -2.34. The van der Waals surface area contributed by atoms with Crippen LogP contribution in [-0.2, 0) is 6.54 Å². The van der Waals surface area contributed by atoms with Crippen molar-refractivity contribution in [3.8, 4) is 0 Å². The molecule has 0 aromatic carbocycles. The van der Waals surface area contributed by atoms with Gasteiger partial charge in [0.25, 0.3) is 0 Å². The molecule has 0 amide bonds. The fourth-order valence-electron chi connectivity index (χ4n) is 1.86. The Hall–Kier alpha value is -0.320. The first kappa shape index (κ1) is 10.2. The fourth-order valence-corrected chi connectivity index (χ4v) is 2.21. The number of furan rings is 1. The smallest absolute Gasteiger partial charge is 0.118 e. The van der Waals surface area contributed by atoms with Crippen LogP contribution < -0.4 is 5.32 Å². The maximum Gasteiger partial charge on any atom is 0.118 e. The standard InChI is InChI=1S/C10H14BrNO2/c11-7-4-8(14-6-7)5-12-9-2-1-3-10(9)13/h4,6,9-10,12-13H,1-3,5H2. The second-order valence-electron chi connectivity index (χ2n) is 3.72. The minimum absolute atomic E-state index is 0.187. The molecule has 1 aromatic rings. The van der Waals surface area contributed by atoms with Crippen LogP contribution in [0.2, 0.25) is 0 Å². The Bertz CT molecular complexity index is 300. The number of rotatable bonds is 3. The maximum atomic E-state index is 9.57. The lowest BCUT2D eigenvalue weighted by Gasteiger charge is -2.14. The molecular formula is C10H14BrNO2. The van der Waals surface area contributed by atoms with Crippen LogP contribution in [0.5, 0.6) is 0 Å². The van der Waals surface area contributed by atoms with Gasteiger partial charge in [-0.3, -0.25) is 0 Å². The van der Waals surface area contributed by atoms with Crippen LogP contribution >= 0.6 is 15.9 Å². The molecule has 14 heavy (non-hydrogen) atoms. The first-order chi connectivity index (χ1) is 6.75. The Morgan fingerprint density at radius 3 is 3.00 bits per heavy atom. The van der Waals surface area contributed by atoms with Gasteiger partial charge in [-0.15, -0.1) is 0 Å². The molecule has 2 atom stereocenters. The van der Waals surface area contributed by atoms with Gasteiger partial charge in [0.1, 0.15) is 12.0 Å². The van der Waals surface area contributed by atoms with Crippen LogP contribution in [-0.4, -0.2) is 17.3 Å². The Balaban J connectivity index is 1.82. The molecular weight excluding hydrogens is 246 g/mol. The average molecular weight is 260 g/mol. The normalized spacial score (nSPS) is 27.0. The monoisotopic (exact) mass is 259 g/mol. The van der Waals surface area contributed by atoms with Gasteiger partial charge >= 0.3 is 0 Å². The SMILES string of the molecule is OC1CCCC1NCc1cc(Br)co1. The number of aliphatic hydroxyl groups is 1. The summed E-state index contributed by atoms with van der Waals surface area (Å²) in [7, 11) is 0. The molecule has 4 heteroatoms. The quantitative estimate of drug-likeness (QED) is 0.874. The molecule has 2 rings (SSSR count). The van der Waals surface area contributed by atoms with Crippen LogP contribution in [0.3, 0.4) is 0 Å². The molecule has 1 fully saturated rings. The van der Waals surface area contributed by atoms with Gasteiger partial charge in [-0.1, -0.05) is 0 Å². The average Bonchev–Trinajstić information content (AvgIpc) is 2.72. The predicted octanol–water partition coefficient (Wildman–Crippen LogP) is 2.05. The third-order valence-corrected chi connectivity index (χ3v) is 3.06. The van der Waals surface area contributed by atoms with E-state index < -0.39 is 0 Å². The van der Waals surface area contributed by atoms with Gasteiger partial charge in [0.15, 0.2) is 0 Å². The molecule has 1 aromatic heterocycles. The van der Waals surface area contributed by atoms with Crippen molar-refractivity contribution < 1.29 is 9.52 Å². The maximum absolute atomic E-state index is 9.57. The summed E-state index contributed by atoms with van der Waals surface area (Å²) in [6, 6.07) is 2.17. The van der Waals surface area contributed by atoms with E-state index in [-0.39, 0.29) is 12.1 Å². The molecule has 1 heterocycles. The summed E-state index contributed by atoms with van der Waals surface area (Å²) >= 11 is 3.33. The number of halogens is 1. The highest BCUT2D eigenvalue weighted by Gasteiger charge is 2.24. The summed E-state index contributed by atoms with van der Waals surface area (Å²) in [6.45, 7) is 0.688. The van der Waals surface area contributed by atoms with Crippen molar-refractivity contribution in [1.82, 2.24) is 5.32 Å². The van der Waals surface area contributed by atoms with E-state index in [2.05, 4.69) is 21.2 Å². The Labute approximate surface area is 91.6 Å². The van der Waals surface area contributed by atoms with Gasteiger partial charge in [-0.05, 0) is 41.3 Å². The topological polar surface area (TPSA) is 45.4 Å². The highest BCUT2D eigenvalue weighted by molar-refractivity contribution is 9.10. The second kappa shape index (κ2) is 4.47. The van der Waals surface area contributed by atoms with E-state index in [9.17, 15) is 5.11 Å². The van der Waals surface area contributed by atoms with Crippen LogP contribution in [0.1, 0.15) is 25.0 Å². The van der Waals surface area contributed by atoms with Crippen LogP contribution in [0.15, 0.2) is 21.2 Å². The molecule has 78 valence electrons. The molecule has 0 radical (unpaired) electrons. The molecule has 1 saturated carbocycles. The number of hydrogen-bond acceptors (Lipinski definition) is 3. The van der Waals surface area contributed by atoms with Crippen molar-refractivity contribution in [3.63, 3.8) is 0 Å². The first-order valence-corrected chi connectivity index (χ1v) is 5.69. The van der Waals surface area contributed by atoms with E-state index in [1.807, 2.05) is 6.07 Å². The Morgan fingerprint density at radius 1 is 1.57 bits per heavy atom. The molecule has 2 unspecified atom stereocenters. The summed E-state index contributed by atoms with van der Waals surface area (Å²) in [5, 5.41) is 12.9. The van der Waals surface area contributed by atoms with E-state index in [1.54, 1.807) is 6.26 Å². The van der Waals surface area contributed by atoms with E-state index >= 15 is 0 Å². The van der Waals surface area contributed by atoms with Crippen molar-refractivity contribution in [1.29, 1.82) is 0 Å². The van der Waals surface area contributed by atoms with E-state index in [0.717, 1.165) is 29.5 Å². The van der Waals surface area contributed by atoms with Crippen molar-refractivity contribution in [2.24, 2.45) is 0 Å². The van der Waals surface area contributed by atoms with Gasteiger partial charge in [0, 0.05) is 6.04 Å². The lowest BCUT2D eigenvalue weighted by molar-refractivity contribution is 0.147. The van der Waals surface area contributed by atoms with E-state index in [0.29, 0.717) is 6.54 Å². The Morgan fingerprint density at radius 2 is 2.43 bits per heavy atom. The largest absolute Gasteiger partial charge is 0.467 e. The summed E-state index contributed by atoms with van der Waals surface area (Å²) in [6.07, 6.45) is 4.57. The van der Waals surface area contributed by atoms with E-state index in [4.69, 9.17) is 4.42 Å². The summed E-state index contributed by atoms with van der Waals surface area (Å²) in [5.41, 5.74) is 0. The van der Waals surface area contributed by atoms with Gasteiger partial charge in [0.2, 0.25) is 0 Å². The van der Waals surface area contributed by atoms with Crippen molar-refractivity contribution >= 4 is 15.9 Å². The molecule has 2 N–H and O–H groups in total. The minimum atomic E-state index is -0.187. The highest BCUT2D eigenvalue weighted by Crippen LogP contribution is 2.20. The summed E-state index contributed by atoms with van der Waals surface area (Å²) in [4.78, 5) is 0. The highest BCUT2D eigenvalue weighted by atomic mass is 79.9. The zero-order valence-electron chi connectivity index (χ0n) is 7.87. The van der Waals surface area contributed by atoms with Gasteiger partial charge in [-0.25, -0.2) is 0 Å². The van der Waals surface area contributed by atoms with Crippen LogP contribution in [0.4, 0.5) is 0 Å².